The molecule has 1 nitrogen and oxygen atoms in total. The lowest BCUT2D eigenvalue weighted by atomic mass is 9.86. The van der Waals surface area contributed by atoms with Gasteiger partial charge in [-0.2, -0.15) is 0 Å². The second kappa shape index (κ2) is 5.27. The summed E-state index contributed by atoms with van der Waals surface area (Å²) in [7, 11) is 0. The molecule has 0 aliphatic heterocycles. The number of nitrogens with zero attached hydrogens (tertiary/aromatic N) is 1. The van der Waals surface area contributed by atoms with E-state index in [1.165, 1.54) is 31.8 Å². The van der Waals surface area contributed by atoms with Crippen molar-refractivity contribution in [1.29, 1.82) is 0 Å². The van der Waals surface area contributed by atoms with Gasteiger partial charge in [-0.1, -0.05) is 52.0 Å². The Bertz CT molecular complexity index is 760. The van der Waals surface area contributed by atoms with E-state index >= 15 is 0 Å². The normalized spacial score (nSPS) is 12.0. The van der Waals surface area contributed by atoms with Crippen LogP contribution in [0, 0.1) is 0 Å². The number of hydrogen-bond acceptors (Lipinski definition) is 2. The minimum atomic E-state index is 0.206. The van der Waals surface area contributed by atoms with Crippen LogP contribution in [0.5, 0.6) is 0 Å². The lowest BCUT2D eigenvalue weighted by Crippen LogP contribution is -2.10. The molecule has 3 aromatic rings. The second-order valence-electron chi connectivity index (χ2n) is 6.46. The smallest absolute Gasteiger partial charge is 0.0487 e. The number of aromatic nitrogens is 1. The summed E-state index contributed by atoms with van der Waals surface area (Å²) in [6.45, 7) is 8.92. The number of rotatable bonds is 2. The van der Waals surface area contributed by atoms with Crippen molar-refractivity contribution in [2.45, 2.75) is 39.5 Å². The van der Waals surface area contributed by atoms with E-state index in [1.807, 2.05) is 17.5 Å². The van der Waals surface area contributed by atoms with Crippen molar-refractivity contribution in [1.82, 2.24) is 4.98 Å². The maximum absolute atomic E-state index is 4.49. The lowest BCUT2D eigenvalue weighted by Gasteiger charge is -2.18. The summed E-state index contributed by atoms with van der Waals surface area (Å²) in [6.07, 6.45) is 2.90. The summed E-state index contributed by atoms with van der Waals surface area (Å²) in [5.41, 5.74) is 4.08. The molecule has 0 saturated carbocycles. The third-order valence-corrected chi connectivity index (χ3v) is 5.05. The first-order valence-corrected chi connectivity index (χ1v) is 8.29. The van der Waals surface area contributed by atoms with Crippen molar-refractivity contribution < 1.29 is 0 Å². The van der Waals surface area contributed by atoms with Crippen molar-refractivity contribution in [3.8, 4) is 10.4 Å². The number of hydrogen-bond donors (Lipinski definition) is 0. The zero-order valence-electron chi connectivity index (χ0n) is 13.1. The molecule has 0 aliphatic rings. The molecule has 0 amide bonds. The molecule has 0 atom stereocenters. The molecule has 0 bridgehead atoms. The molecule has 0 spiro atoms. The van der Waals surface area contributed by atoms with Crippen molar-refractivity contribution in [3.63, 3.8) is 0 Å². The van der Waals surface area contributed by atoms with Gasteiger partial charge in [0.2, 0.25) is 0 Å². The average molecular weight is 295 g/mol. The molecular formula is C19H21NS. The quantitative estimate of drug-likeness (QED) is 0.580. The van der Waals surface area contributed by atoms with Crippen molar-refractivity contribution in [2.24, 2.45) is 0 Å². The molecule has 1 aromatic carbocycles. The summed E-state index contributed by atoms with van der Waals surface area (Å²) in [4.78, 5) is 5.81. The van der Waals surface area contributed by atoms with Crippen LogP contribution < -0.4 is 0 Å². The van der Waals surface area contributed by atoms with Gasteiger partial charge in [-0.05, 0) is 35.1 Å². The molecule has 0 fully saturated rings. The largest absolute Gasteiger partial charge is 0.261 e. The zero-order chi connectivity index (χ0) is 15.0. The molecule has 0 N–H and O–H groups in total. The van der Waals surface area contributed by atoms with E-state index in [1.54, 1.807) is 0 Å². The van der Waals surface area contributed by atoms with Crippen LogP contribution in [0.4, 0.5) is 0 Å². The first-order valence-electron chi connectivity index (χ1n) is 7.47. The number of pyridine rings is 1. The highest BCUT2D eigenvalue weighted by Crippen LogP contribution is 2.35. The molecule has 2 heteroatoms. The Kier molecular flexibility index (Phi) is 3.58. The topological polar surface area (TPSA) is 12.9 Å². The Balaban J connectivity index is 2.04. The van der Waals surface area contributed by atoms with Crippen LogP contribution in [0.25, 0.3) is 20.5 Å². The van der Waals surface area contributed by atoms with Gasteiger partial charge >= 0.3 is 0 Å². The van der Waals surface area contributed by atoms with E-state index in [0.29, 0.717) is 0 Å². The van der Waals surface area contributed by atoms with Gasteiger partial charge in [0.05, 0.1) is 0 Å². The van der Waals surface area contributed by atoms with Crippen LogP contribution in [-0.4, -0.2) is 4.98 Å². The van der Waals surface area contributed by atoms with Crippen LogP contribution in [-0.2, 0) is 11.8 Å². The van der Waals surface area contributed by atoms with Gasteiger partial charge in [0.15, 0.2) is 0 Å². The summed E-state index contributed by atoms with van der Waals surface area (Å²) in [5, 5.41) is 1.31. The van der Waals surface area contributed by atoms with Crippen LogP contribution >= 0.6 is 11.3 Å². The molecule has 0 radical (unpaired) electrons. The Labute approximate surface area is 130 Å². The molecule has 108 valence electrons. The number of benzene rings is 1. The minimum absolute atomic E-state index is 0.206. The maximum Gasteiger partial charge on any atom is 0.0487 e. The van der Waals surface area contributed by atoms with Gasteiger partial charge in [-0.25, -0.2) is 0 Å². The maximum atomic E-state index is 4.49. The third-order valence-electron chi connectivity index (χ3n) is 3.90. The minimum Gasteiger partial charge on any atom is -0.261 e. The van der Waals surface area contributed by atoms with Gasteiger partial charge in [-0.3, -0.25) is 4.98 Å². The number of fused-ring (bicyclic) bond motifs is 1. The highest BCUT2D eigenvalue weighted by molar-refractivity contribution is 7.22. The molecule has 0 unspecified atom stereocenters. The molecular weight excluding hydrogens is 274 g/mol. The van der Waals surface area contributed by atoms with Gasteiger partial charge < -0.3 is 0 Å². The summed E-state index contributed by atoms with van der Waals surface area (Å²) >= 11 is 1.85. The van der Waals surface area contributed by atoms with E-state index in [0.717, 1.165) is 6.42 Å². The summed E-state index contributed by atoms with van der Waals surface area (Å²) in [5.74, 6) is 0. The predicted molar refractivity (Wildman–Crippen MR) is 93.1 cm³/mol. The fourth-order valence-corrected chi connectivity index (χ4v) is 3.66. The van der Waals surface area contributed by atoms with Crippen molar-refractivity contribution in [3.05, 3.63) is 53.9 Å². The van der Waals surface area contributed by atoms with Crippen LogP contribution in [0.15, 0.2) is 42.6 Å². The first kappa shape index (κ1) is 14.3. The Hall–Kier alpha value is -1.67. The highest BCUT2D eigenvalue weighted by Gasteiger charge is 2.14. The second-order valence-corrected chi connectivity index (χ2v) is 7.54. The number of aryl methyl sites for hydroxylation is 1. The Morgan fingerprint density at radius 1 is 1.05 bits per heavy atom. The third kappa shape index (κ3) is 2.73. The molecule has 2 heterocycles. The monoisotopic (exact) mass is 295 g/mol. The standard InChI is InChI=1S/C19H21NS/c1-5-16-15-12-18(21-17(15)10-11-20-16)13-6-8-14(9-7-13)19(2,3)4/h6-12H,5H2,1-4H3. The van der Waals surface area contributed by atoms with E-state index in [-0.39, 0.29) is 5.41 Å². The fourth-order valence-electron chi connectivity index (χ4n) is 2.58. The van der Waals surface area contributed by atoms with E-state index in [4.69, 9.17) is 0 Å². The predicted octanol–water partition coefficient (Wildman–Crippen LogP) is 5.82. The Morgan fingerprint density at radius 3 is 2.38 bits per heavy atom. The van der Waals surface area contributed by atoms with Gasteiger partial charge in [0.25, 0.3) is 0 Å². The van der Waals surface area contributed by atoms with Gasteiger partial charge in [0, 0.05) is 26.9 Å². The molecule has 0 saturated heterocycles. The van der Waals surface area contributed by atoms with Crippen LogP contribution in [0.2, 0.25) is 0 Å². The fraction of sp³-hybridized carbons (Fsp3) is 0.316. The van der Waals surface area contributed by atoms with Crippen molar-refractivity contribution in [2.75, 3.05) is 0 Å². The van der Waals surface area contributed by atoms with Gasteiger partial charge in [0.1, 0.15) is 0 Å². The molecule has 3 rings (SSSR count). The molecule has 21 heavy (non-hydrogen) atoms. The first-order chi connectivity index (χ1) is 9.99. The molecule has 0 aliphatic carbocycles. The molecule has 2 aromatic heterocycles. The summed E-state index contributed by atoms with van der Waals surface area (Å²) < 4.78 is 1.33. The van der Waals surface area contributed by atoms with Crippen LogP contribution in [0.1, 0.15) is 39.0 Å². The summed E-state index contributed by atoms with van der Waals surface area (Å²) in [6, 6.07) is 13.4. The number of thiophene rings is 1. The van der Waals surface area contributed by atoms with Crippen LogP contribution in [0.3, 0.4) is 0 Å². The average Bonchev–Trinajstić information content (AvgIpc) is 2.90. The highest BCUT2D eigenvalue weighted by atomic mass is 32.1. The van der Waals surface area contributed by atoms with Crippen molar-refractivity contribution >= 4 is 21.4 Å². The lowest BCUT2D eigenvalue weighted by molar-refractivity contribution is 0.590. The SMILES string of the molecule is CCc1nccc2sc(-c3ccc(C(C)(C)C)cc3)cc12. The van der Waals surface area contributed by atoms with E-state index in [2.05, 4.69) is 69.1 Å². The van der Waals surface area contributed by atoms with E-state index < -0.39 is 0 Å². The Morgan fingerprint density at radius 2 is 1.76 bits per heavy atom. The zero-order valence-corrected chi connectivity index (χ0v) is 13.9. The van der Waals surface area contributed by atoms with E-state index in [9.17, 15) is 0 Å². The van der Waals surface area contributed by atoms with Gasteiger partial charge in [-0.15, -0.1) is 11.3 Å².